The van der Waals surface area contributed by atoms with Crippen molar-refractivity contribution >= 4 is 24.2 Å². The molecule has 4 rings (SSSR count). The summed E-state index contributed by atoms with van der Waals surface area (Å²) in [7, 11) is -0.965. The molecule has 27 heavy (non-hydrogen) atoms. The Labute approximate surface area is 156 Å². The fourth-order valence-corrected chi connectivity index (χ4v) is 3.10. The average molecular weight is 363 g/mol. The van der Waals surface area contributed by atoms with E-state index in [1.807, 2.05) is 38.1 Å². The molecule has 136 valence electrons. The van der Waals surface area contributed by atoms with E-state index in [0.29, 0.717) is 29.3 Å². The number of rotatable bonds is 4. The number of benzene rings is 1. The van der Waals surface area contributed by atoms with Gasteiger partial charge in [-0.1, -0.05) is 31.2 Å². The Balaban J connectivity index is 1.65. The zero-order chi connectivity index (χ0) is 19.0. The Bertz CT molecular complexity index is 990. The van der Waals surface area contributed by atoms with Crippen molar-refractivity contribution in [3.8, 4) is 5.82 Å². The zero-order valence-corrected chi connectivity index (χ0v) is 15.0. The van der Waals surface area contributed by atoms with E-state index in [1.165, 1.54) is 0 Å². The number of aromatic nitrogens is 4. The summed E-state index contributed by atoms with van der Waals surface area (Å²) in [5.74, 6) is 0.248. The van der Waals surface area contributed by atoms with Crippen LogP contribution in [0.1, 0.15) is 41.5 Å². The Hall–Kier alpha value is -3.04. The standard InChI is InChI=1S/C18H18BN5O3/c1-11(2)17-16(22-23-24(17)15-5-3-4-8-20-15)18(25)21-13-7-6-12-10-27-19(26)14(12)9-13/h3-9,11,26H,10H2,1-2H3,(H,21,25). The van der Waals surface area contributed by atoms with Gasteiger partial charge in [-0.05, 0) is 41.2 Å². The summed E-state index contributed by atoms with van der Waals surface area (Å²) < 4.78 is 6.76. The van der Waals surface area contributed by atoms with Gasteiger partial charge in [-0.3, -0.25) is 4.79 Å². The van der Waals surface area contributed by atoms with Crippen LogP contribution in [0.25, 0.3) is 5.82 Å². The van der Waals surface area contributed by atoms with Crippen LogP contribution in [0.5, 0.6) is 0 Å². The van der Waals surface area contributed by atoms with Crippen LogP contribution >= 0.6 is 0 Å². The van der Waals surface area contributed by atoms with Crippen LogP contribution in [0.2, 0.25) is 0 Å². The monoisotopic (exact) mass is 363 g/mol. The van der Waals surface area contributed by atoms with E-state index in [9.17, 15) is 9.82 Å². The molecule has 0 spiro atoms. The summed E-state index contributed by atoms with van der Waals surface area (Å²) in [6.45, 7) is 4.30. The second-order valence-electron chi connectivity index (χ2n) is 6.61. The van der Waals surface area contributed by atoms with Gasteiger partial charge in [-0.15, -0.1) is 5.10 Å². The number of pyridine rings is 1. The molecule has 0 saturated carbocycles. The van der Waals surface area contributed by atoms with Crippen molar-refractivity contribution in [1.82, 2.24) is 20.0 Å². The topological polar surface area (TPSA) is 102 Å². The molecule has 1 aromatic carbocycles. The number of carbonyl (C=O) groups is 1. The second kappa shape index (κ2) is 6.94. The minimum atomic E-state index is -0.965. The van der Waals surface area contributed by atoms with E-state index in [2.05, 4.69) is 20.6 Å². The van der Waals surface area contributed by atoms with Crippen molar-refractivity contribution in [2.24, 2.45) is 0 Å². The molecule has 8 nitrogen and oxygen atoms in total. The predicted molar refractivity (Wildman–Crippen MR) is 100 cm³/mol. The molecule has 2 N–H and O–H groups in total. The lowest BCUT2D eigenvalue weighted by Crippen LogP contribution is -2.28. The Morgan fingerprint density at radius 2 is 2.19 bits per heavy atom. The highest BCUT2D eigenvalue weighted by Crippen LogP contribution is 2.22. The molecule has 1 aliphatic heterocycles. The molecule has 3 heterocycles. The molecule has 0 saturated heterocycles. The van der Waals surface area contributed by atoms with Crippen LogP contribution in [-0.2, 0) is 11.3 Å². The van der Waals surface area contributed by atoms with Gasteiger partial charge >= 0.3 is 7.12 Å². The molecular formula is C18H18BN5O3. The third-order valence-electron chi connectivity index (χ3n) is 4.40. The average Bonchev–Trinajstić information content (AvgIpc) is 3.27. The number of nitrogens with one attached hydrogen (secondary N) is 1. The number of hydrogen-bond donors (Lipinski definition) is 2. The fraction of sp³-hybridized carbons (Fsp3) is 0.222. The first-order chi connectivity index (χ1) is 13.0. The van der Waals surface area contributed by atoms with Crippen molar-refractivity contribution in [3.05, 3.63) is 59.5 Å². The Morgan fingerprint density at radius 1 is 1.33 bits per heavy atom. The quantitative estimate of drug-likeness (QED) is 0.677. The largest absolute Gasteiger partial charge is 0.491 e. The van der Waals surface area contributed by atoms with E-state index in [0.717, 1.165) is 5.56 Å². The molecule has 0 bridgehead atoms. The van der Waals surface area contributed by atoms with Gasteiger partial charge in [-0.25, -0.2) is 4.98 Å². The number of amides is 1. The van der Waals surface area contributed by atoms with Gasteiger partial charge in [-0.2, -0.15) is 4.68 Å². The van der Waals surface area contributed by atoms with Gasteiger partial charge in [0.15, 0.2) is 11.5 Å². The van der Waals surface area contributed by atoms with Crippen molar-refractivity contribution < 1.29 is 14.5 Å². The normalized spacial score (nSPS) is 13.1. The molecule has 0 radical (unpaired) electrons. The minimum Gasteiger partial charge on any atom is -0.423 e. The first kappa shape index (κ1) is 17.4. The van der Waals surface area contributed by atoms with Crippen LogP contribution in [0, 0.1) is 0 Å². The Kier molecular flexibility index (Phi) is 4.47. The zero-order valence-electron chi connectivity index (χ0n) is 15.0. The first-order valence-electron chi connectivity index (χ1n) is 8.65. The van der Waals surface area contributed by atoms with Crippen molar-refractivity contribution in [3.63, 3.8) is 0 Å². The van der Waals surface area contributed by atoms with Crippen LogP contribution in [0.15, 0.2) is 42.6 Å². The van der Waals surface area contributed by atoms with Crippen LogP contribution in [0.4, 0.5) is 5.69 Å². The maximum Gasteiger partial charge on any atom is 0.491 e. The molecule has 0 fully saturated rings. The molecular weight excluding hydrogens is 345 g/mol. The molecule has 9 heteroatoms. The summed E-state index contributed by atoms with van der Waals surface area (Å²) >= 11 is 0. The van der Waals surface area contributed by atoms with Crippen LogP contribution in [-0.4, -0.2) is 38.0 Å². The van der Waals surface area contributed by atoms with E-state index < -0.39 is 7.12 Å². The number of nitrogens with zero attached hydrogens (tertiary/aromatic N) is 4. The van der Waals surface area contributed by atoms with E-state index in [-0.39, 0.29) is 17.5 Å². The lowest BCUT2D eigenvalue weighted by atomic mass is 9.79. The summed E-state index contributed by atoms with van der Waals surface area (Å²) in [5, 5.41) is 20.9. The molecule has 0 atom stereocenters. The molecule has 1 aliphatic rings. The highest BCUT2D eigenvalue weighted by Gasteiger charge is 2.28. The SMILES string of the molecule is CC(C)c1c(C(=O)Nc2ccc3c(c2)B(O)OC3)nnn1-c1ccccn1. The molecule has 3 aromatic rings. The van der Waals surface area contributed by atoms with Gasteiger partial charge in [0.2, 0.25) is 0 Å². The van der Waals surface area contributed by atoms with Gasteiger partial charge < -0.3 is 15.0 Å². The number of carbonyl (C=O) groups excluding carboxylic acids is 1. The lowest BCUT2D eigenvalue weighted by Gasteiger charge is -2.11. The van der Waals surface area contributed by atoms with Gasteiger partial charge in [0.05, 0.1) is 12.3 Å². The highest BCUT2D eigenvalue weighted by atomic mass is 16.5. The molecule has 2 aromatic heterocycles. The number of hydrogen-bond acceptors (Lipinski definition) is 6. The fourth-order valence-electron chi connectivity index (χ4n) is 3.10. The third kappa shape index (κ3) is 3.22. The van der Waals surface area contributed by atoms with E-state index >= 15 is 0 Å². The highest BCUT2D eigenvalue weighted by molar-refractivity contribution is 6.61. The van der Waals surface area contributed by atoms with Crippen molar-refractivity contribution in [2.45, 2.75) is 26.4 Å². The number of anilines is 1. The molecule has 1 amide bonds. The van der Waals surface area contributed by atoms with E-state index in [1.54, 1.807) is 23.0 Å². The third-order valence-corrected chi connectivity index (χ3v) is 4.40. The molecule has 0 aliphatic carbocycles. The van der Waals surface area contributed by atoms with E-state index in [4.69, 9.17) is 4.65 Å². The predicted octanol–water partition coefficient (Wildman–Crippen LogP) is 1.26. The van der Waals surface area contributed by atoms with Gasteiger partial charge in [0.25, 0.3) is 5.91 Å². The smallest absolute Gasteiger partial charge is 0.423 e. The van der Waals surface area contributed by atoms with Crippen LogP contribution in [0.3, 0.4) is 0 Å². The maximum atomic E-state index is 12.8. The minimum absolute atomic E-state index is 0.0120. The van der Waals surface area contributed by atoms with Crippen LogP contribution < -0.4 is 10.8 Å². The maximum absolute atomic E-state index is 12.8. The number of fused-ring (bicyclic) bond motifs is 1. The summed E-state index contributed by atoms with van der Waals surface area (Å²) in [5.41, 5.74) is 3.05. The summed E-state index contributed by atoms with van der Waals surface area (Å²) in [4.78, 5) is 17.1. The molecule has 0 unspecified atom stereocenters. The van der Waals surface area contributed by atoms with Gasteiger partial charge in [0.1, 0.15) is 0 Å². The summed E-state index contributed by atoms with van der Waals surface area (Å²) in [6.07, 6.45) is 1.67. The van der Waals surface area contributed by atoms with Crippen molar-refractivity contribution in [2.75, 3.05) is 5.32 Å². The van der Waals surface area contributed by atoms with Gasteiger partial charge in [0, 0.05) is 11.9 Å². The lowest BCUT2D eigenvalue weighted by molar-refractivity contribution is 0.102. The Morgan fingerprint density at radius 3 is 2.93 bits per heavy atom. The second-order valence-corrected chi connectivity index (χ2v) is 6.61. The van der Waals surface area contributed by atoms with Crippen molar-refractivity contribution in [1.29, 1.82) is 0 Å². The summed E-state index contributed by atoms with van der Waals surface area (Å²) in [6, 6.07) is 10.8. The first-order valence-corrected chi connectivity index (χ1v) is 8.65.